The predicted molar refractivity (Wildman–Crippen MR) is 75.0 cm³/mol. The first kappa shape index (κ1) is 12.5. The molecule has 0 spiro atoms. The molecule has 2 aromatic rings. The Bertz CT molecular complexity index is 605. The third-order valence-electron chi connectivity index (χ3n) is 3.20. The Morgan fingerprint density at radius 1 is 1.30 bits per heavy atom. The van der Waals surface area contributed by atoms with Crippen molar-refractivity contribution in [2.75, 3.05) is 0 Å². The largest absolute Gasteiger partial charge is 0.387 e. The van der Waals surface area contributed by atoms with Gasteiger partial charge in [-0.25, -0.2) is 0 Å². The Balaban J connectivity index is 1.55. The monoisotopic (exact) mass is 269 g/mol. The molecule has 5 heteroatoms. The molecule has 1 amide bonds. The number of H-pyrrole nitrogens is 1. The number of hydrogen-bond acceptors (Lipinski definition) is 3. The standard InChI is InChI=1S/C15H15N3O2/c19-15(17-10-12-7-4-8-16-12)13-9-14(20-18-13)11-5-2-1-3-6-11/h1-8,14,16H,9-10H2,(H,17,19)/t14-/m1/s1. The number of carbonyl (C=O) groups excluding carboxylic acids is 1. The number of hydrogen-bond donors (Lipinski definition) is 2. The average molecular weight is 269 g/mol. The molecule has 0 saturated heterocycles. The van der Waals surface area contributed by atoms with Crippen molar-refractivity contribution in [3.63, 3.8) is 0 Å². The van der Waals surface area contributed by atoms with E-state index in [0.29, 0.717) is 18.7 Å². The molecular formula is C15H15N3O2. The van der Waals surface area contributed by atoms with Gasteiger partial charge >= 0.3 is 0 Å². The van der Waals surface area contributed by atoms with Gasteiger partial charge in [0.25, 0.3) is 5.91 Å². The van der Waals surface area contributed by atoms with Crippen LogP contribution >= 0.6 is 0 Å². The minimum atomic E-state index is -0.182. The summed E-state index contributed by atoms with van der Waals surface area (Å²) in [4.78, 5) is 20.3. The van der Waals surface area contributed by atoms with Crippen molar-refractivity contribution >= 4 is 11.6 Å². The summed E-state index contributed by atoms with van der Waals surface area (Å²) in [7, 11) is 0. The van der Waals surface area contributed by atoms with Gasteiger partial charge in [-0.3, -0.25) is 4.79 Å². The van der Waals surface area contributed by atoms with Crippen LogP contribution in [-0.2, 0) is 16.2 Å². The highest BCUT2D eigenvalue weighted by atomic mass is 16.6. The molecule has 0 radical (unpaired) electrons. The second-order valence-corrected chi connectivity index (χ2v) is 4.62. The first-order valence-corrected chi connectivity index (χ1v) is 6.51. The van der Waals surface area contributed by atoms with Gasteiger partial charge in [0.05, 0.1) is 6.54 Å². The molecule has 0 bridgehead atoms. The average Bonchev–Trinajstić information content (AvgIpc) is 3.17. The molecule has 3 rings (SSSR count). The van der Waals surface area contributed by atoms with Crippen LogP contribution in [0.2, 0.25) is 0 Å². The molecule has 2 heterocycles. The number of amides is 1. The number of rotatable bonds is 4. The molecule has 0 saturated carbocycles. The van der Waals surface area contributed by atoms with Gasteiger partial charge in [0.2, 0.25) is 0 Å². The fourth-order valence-electron chi connectivity index (χ4n) is 2.11. The van der Waals surface area contributed by atoms with Crippen molar-refractivity contribution < 1.29 is 9.63 Å². The molecule has 1 atom stereocenters. The van der Waals surface area contributed by atoms with E-state index in [9.17, 15) is 4.79 Å². The SMILES string of the molecule is O=C(NCc1ccc[nH]1)C1=NO[C@@H](c2ccccc2)C1. The van der Waals surface area contributed by atoms with Crippen LogP contribution in [0.1, 0.15) is 23.8 Å². The third kappa shape index (κ3) is 2.71. The topological polar surface area (TPSA) is 66.5 Å². The molecule has 1 aromatic carbocycles. The minimum absolute atomic E-state index is 0.164. The van der Waals surface area contributed by atoms with Crippen LogP contribution in [0.4, 0.5) is 0 Å². The molecular weight excluding hydrogens is 254 g/mol. The lowest BCUT2D eigenvalue weighted by atomic mass is 10.0. The number of nitrogens with one attached hydrogen (secondary N) is 2. The second kappa shape index (κ2) is 5.61. The van der Waals surface area contributed by atoms with E-state index in [1.54, 1.807) is 0 Å². The molecule has 102 valence electrons. The van der Waals surface area contributed by atoms with Gasteiger partial charge in [-0.1, -0.05) is 35.5 Å². The van der Waals surface area contributed by atoms with Gasteiger partial charge in [0.1, 0.15) is 5.71 Å². The van der Waals surface area contributed by atoms with Crippen molar-refractivity contribution in [2.24, 2.45) is 5.16 Å². The summed E-state index contributed by atoms with van der Waals surface area (Å²) in [6.45, 7) is 0.459. The van der Waals surface area contributed by atoms with Crippen molar-refractivity contribution in [2.45, 2.75) is 19.1 Å². The maximum atomic E-state index is 12.0. The number of nitrogens with zero attached hydrogens (tertiary/aromatic N) is 1. The summed E-state index contributed by atoms with van der Waals surface area (Å²) in [6.07, 6.45) is 2.16. The zero-order valence-electron chi connectivity index (χ0n) is 10.9. The first-order chi connectivity index (χ1) is 9.83. The van der Waals surface area contributed by atoms with Gasteiger partial charge in [-0.05, 0) is 17.7 Å². The zero-order valence-corrected chi connectivity index (χ0v) is 10.9. The van der Waals surface area contributed by atoms with E-state index >= 15 is 0 Å². The van der Waals surface area contributed by atoms with Crippen molar-refractivity contribution in [3.05, 3.63) is 59.9 Å². The van der Waals surface area contributed by atoms with E-state index in [-0.39, 0.29) is 12.0 Å². The quantitative estimate of drug-likeness (QED) is 0.893. The lowest BCUT2D eigenvalue weighted by molar-refractivity contribution is -0.115. The van der Waals surface area contributed by atoms with E-state index in [2.05, 4.69) is 15.5 Å². The van der Waals surface area contributed by atoms with Crippen LogP contribution in [0.5, 0.6) is 0 Å². The van der Waals surface area contributed by atoms with Gasteiger partial charge in [0, 0.05) is 18.3 Å². The maximum Gasteiger partial charge on any atom is 0.269 e. The van der Waals surface area contributed by atoms with Crippen LogP contribution in [0, 0.1) is 0 Å². The third-order valence-corrected chi connectivity index (χ3v) is 3.20. The lowest BCUT2D eigenvalue weighted by Crippen LogP contribution is -2.30. The molecule has 2 N–H and O–H groups in total. The summed E-state index contributed by atoms with van der Waals surface area (Å²) in [6, 6.07) is 13.6. The zero-order chi connectivity index (χ0) is 13.8. The Labute approximate surface area is 116 Å². The summed E-state index contributed by atoms with van der Waals surface area (Å²) in [5.74, 6) is -0.182. The van der Waals surface area contributed by atoms with Gasteiger partial charge < -0.3 is 15.1 Å². The Kier molecular flexibility index (Phi) is 3.50. The summed E-state index contributed by atoms with van der Waals surface area (Å²) in [5.41, 5.74) is 2.42. The smallest absolute Gasteiger partial charge is 0.269 e. The van der Waals surface area contributed by atoms with E-state index in [0.717, 1.165) is 11.3 Å². The van der Waals surface area contributed by atoms with E-state index in [1.807, 2.05) is 48.7 Å². The Hall–Kier alpha value is -2.56. The first-order valence-electron chi connectivity index (χ1n) is 6.51. The highest BCUT2D eigenvalue weighted by molar-refractivity contribution is 6.39. The molecule has 0 aliphatic carbocycles. The van der Waals surface area contributed by atoms with Crippen LogP contribution in [0.15, 0.2) is 53.8 Å². The van der Waals surface area contributed by atoms with Crippen LogP contribution in [0.3, 0.4) is 0 Å². The highest BCUT2D eigenvalue weighted by Gasteiger charge is 2.26. The molecule has 1 aliphatic rings. The predicted octanol–water partition coefficient (Wildman–Crippen LogP) is 2.15. The summed E-state index contributed by atoms with van der Waals surface area (Å²) in [5, 5.41) is 6.71. The van der Waals surface area contributed by atoms with E-state index in [1.165, 1.54) is 0 Å². The number of carbonyl (C=O) groups is 1. The number of oxime groups is 1. The molecule has 5 nitrogen and oxygen atoms in total. The Morgan fingerprint density at radius 3 is 2.90 bits per heavy atom. The second-order valence-electron chi connectivity index (χ2n) is 4.62. The van der Waals surface area contributed by atoms with Gasteiger partial charge in [-0.2, -0.15) is 0 Å². The van der Waals surface area contributed by atoms with Crippen molar-refractivity contribution in [1.82, 2.24) is 10.3 Å². The minimum Gasteiger partial charge on any atom is -0.387 e. The summed E-state index contributed by atoms with van der Waals surface area (Å²) >= 11 is 0. The fourth-order valence-corrected chi connectivity index (χ4v) is 2.11. The van der Waals surface area contributed by atoms with Crippen molar-refractivity contribution in [1.29, 1.82) is 0 Å². The maximum absolute atomic E-state index is 12.0. The molecule has 0 unspecified atom stereocenters. The Morgan fingerprint density at radius 2 is 2.15 bits per heavy atom. The molecule has 1 aliphatic heterocycles. The van der Waals surface area contributed by atoms with E-state index in [4.69, 9.17) is 4.84 Å². The number of benzene rings is 1. The highest BCUT2D eigenvalue weighted by Crippen LogP contribution is 2.26. The number of aromatic nitrogens is 1. The summed E-state index contributed by atoms with van der Waals surface area (Å²) < 4.78 is 0. The van der Waals surface area contributed by atoms with Crippen LogP contribution in [-0.4, -0.2) is 16.6 Å². The van der Waals surface area contributed by atoms with Gasteiger partial charge in [0.15, 0.2) is 6.10 Å². The normalized spacial score (nSPS) is 17.4. The molecule has 0 fully saturated rings. The van der Waals surface area contributed by atoms with Crippen LogP contribution < -0.4 is 5.32 Å². The van der Waals surface area contributed by atoms with Crippen molar-refractivity contribution in [3.8, 4) is 0 Å². The number of aromatic amines is 1. The molecule has 20 heavy (non-hydrogen) atoms. The van der Waals surface area contributed by atoms with E-state index < -0.39 is 0 Å². The van der Waals surface area contributed by atoms with Gasteiger partial charge in [-0.15, -0.1) is 0 Å². The lowest BCUT2D eigenvalue weighted by Gasteiger charge is -2.07. The van der Waals surface area contributed by atoms with Crippen LogP contribution in [0.25, 0.3) is 0 Å². The fraction of sp³-hybridized carbons (Fsp3) is 0.200. The molecule has 1 aromatic heterocycles.